The SMILES string of the molecule is CCOc1nc(Cl)nc(-c2ccc(OC)cc2OC)n1. The molecule has 0 amide bonds. The third-order valence-corrected chi connectivity index (χ3v) is 2.68. The quantitative estimate of drug-likeness (QED) is 0.845. The normalized spacial score (nSPS) is 10.2. The molecular weight excluding hydrogens is 282 g/mol. The molecule has 7 heteroatoms. The molecule has 0 aliphatic rings. The molecule has 20 heavy (non-hydrogen) atoms. The summed E-state index contributed by atoms with van der Waals surface area (Å²) in [6.45, 7) is 2.28. The fraction of sp³-hybridized carbons (Fsp3) is 0.308. The third-order valence-electron chi connectivity index (χ3n) is 2.51. The number of ether oxygens (including phenoxy) is 3. The van der Waals surface area contributed by atoms with Crippen LogP contribution in [-0.4, -0.2) is 35.8 Å². The molecule has 0 radical (unpaired) electrons. The Morgan fingerprint density at radius 1 is 1.10 bits per heavy atom. The van der Waals surface area contributed by atoms with Crippen LogP contribution in [0.15, 0.2) is 18.2 Å². The molecule has 6 nitrogen and oxygen atoms in total. The maximum Gasteiger partial charge on any atom is 0.321 e. The van der Waals surface area contributed by atoms with Gasteiger partial charge >= 0.3 is 6.01 Å². The second-order valence-corrected chi connectivity index (χ2v) is 4.05. The molecule has 0 atom stereocenters. The van der Waals surface area contributed by atoms with Crippen molar-refractivity contribution in [3.63, 3.8) is 0 Å². The van der Waals surface area contributed by atoms with Crippen molar-refractivity contribution in [1.29, 1.82) is 0 Å². The Balaban J connectivity index is 2.50. The molecular formula is C13H14ClN3O3. The van der Waals surface area contributed by atoms with Crippen molar-refractivity contribution in [3.05, 3.63) is 23.5 Å². The van der Waals surface area contributed by atoms with Gasteiger partial charge in [-0.05, 0) is 30.7 Å². The van der Waals surface area contributed by atoms with Crippen molar-refractivity contribution in [2.75, 3.05) is 20.8 Å². The molecule has 0 saturated heterocycles. The molecule has 0 fully saturated rings. The third kappa shape index (κ3) is 3.08. The van der Waals surface area contributed by atoms with E-state index in [0.717, 1.165) is 0 Å². The van der Waals surface area contributed by atoms with Gasteiger partial charge in [-0.1, -0.05) is 0 Å². The zero-order valence-corrected chi connectivity index (χ0v) is 12.1. The second kappa shape index (κ2) is 6.38. The van der Waals surface area contributed by atoms with Crippen LogP contribution in [0.4, 0.5) is 0 Å². The van der Waals surface area contributed by atoms with E-state index in [1.165, 1.54) is 0 Å². The molecule has 1 heterocycles. The largest absolute Gasteiger partial charge is 0.497 e. The summed E-state index contributed by atoms with van der Waals surface area (Å²) in [5, 5.41) is 0.0660. The number of rotatable bonds is 5. The molecule has 106 valence electrons. The van der Waals surface area contributed by atoms with Gasteiger partial charge in [-0.2, -0.15) is 15.0 Å². The van der Waals surface area contributed by atoms with E-state index >= 15 is 0 Å². The molecule has 0 bridgehead atoms. The van der Waals surface area contributed by atoms with Crippen LogP contribution in [0.2, 0.25) is 5.28 Å². The van der Waals surface area contributed by atoms with Gasteiger partial charge in [0, 0.05) is 6.07 Å². The first kappa shape index (κ1) is 14.3. The van der Waals surface area contributed by atoms with E-state index < -0.39 is 0 Å². The predicted octanol–water partition coefficient (Wildman–Crippen LogP) is 2.61. The van der Waals surface area contributed by atoms with Crippen LogP contribution in [0.5, 0.6) is 17.5 Å². The van der Waals surface area contributed by atoms with Crippen LogP contribution in [-0.2, 0) is 0 Å². The summed E-state index contributed by atoms with van der Waals surface area (Å²) >= 11 is 5.88. The van der Waals surface area contributed by atoms with Crippen molar-refractivity contribution in [3.8, 4) is 28.9 Å². The minimum absolute atomic E-state index is 0.0660. The lowest BCUT2D eigenvalue weighted by Gasteiger charge is -2.10. The maximum atomic E-state index is 5.88. The number of benzene rings is 1. The van der Waals surface area contributed by atoms with Gasteiger partial charge in [0.2, 0.25) is 5.28 Å². The van der Waals surface area contributed by atoms with Gasteiger partial charge in [-0.3, -0.25) is 0 Å². The number of nitrogens with zero attached hydrogens (tertiary/aromatic N) is 3. The predicted molar refractivity (Wildman–Crippen MR) is 74.5 cm³/mol. The summed E-state index contributed by atoms with van der Waals surface area (Å²) in [5.74, 6) is 1.64. The fourth-order valence-electron chi connectivity index (χ4n) is 1.63. The number of halogens is 1. The Hall–Kier alpha value is -2.08. The summed E-state index contributed by atoms with van der Waals surface area (Å²) < 4.78 is 15.7. The maximum absolute atomic E-state index is 5.88. The van der Waals surface area contributed by atoms with Crippen molar-refractivity contribution < 1.29 is 14.2 Å². The second-order valence-electron chi connectivity index (χ2n) is 3.71. The molecule has 2 rings (SSSR count). The highest BCUT2D eigenvalue weighted by atomic mass is 35.5. The van der Waals surface area contributed by atoms with Crippen molar-refractivity contribution >= 4 is 11.6 Å². The van der Waals surface area contributed by atoms with Gasteiger partial charge in [0.05, 0.1) is 26.4 Å². The summed E-state index contributed by atoms with van der Waals surface area (Å²) in [5.41, 5.74) is 0.679. The number of hydrogen-bond donors (Lipinski definition) is 0. The van der Waals surface area contributed by atoms with E-state index in [1.807, 2.05) is 6.92 Å². The Morgan fingerprint density at radius 2 is 1.90 bits per heavy atom. The standard InChI is InChI=1S/C13H14ClN3O3/c1-4-20-13-16-11(15-12(14)17-13)9-6-5-8(18-2)7-10(9)19-3/h5-7H,4H2,1-3H3. The molecule has 0 unspecified atom stereocenters. The summed E-state index contributed by atoms with van der Waals surface area (Å²) in [4.78, 5) is 12.2. The highest BCUT2D eigenvalue weighted by Crippen LogP contribution is 2.32. The Kier molecular flexibility index (Phi) is 4.57. The van der Waals surface area contributed by atoms with E-state index in [9.17, 15) is 0 Å². The van der Waals surface area contributed by atoms with Gasteiger partial charge in [-0.25, -0.2) is 0 Å². The topological polar surface area (TPSA) is 66.4 Å². The average Bonchev–Trinajstić information content (AvgIpc) is 2.46. The van der Waals surface area contributed by atoms with Gasteiger partial charge in [0.15, 0.2) is 5.82 Å². The van der Waals surface area contributed by atoms with Gasteiger partial charge < -0.3 is 14.2 Å². The smallest absolute Gasteiger partial charge is 0.321 e. The number of aromatic nitrogens is 3. The van der Waals surface area contributed by atoms with E-state index in [2.05, 4.69) is 15.0 Å². The zero-order valence-electron chi connectivity index (χ0n) is 11.4. The van der Waals surface area contributed by atoms with Gasteiger partial charge in [0.25, 0.3) is 0 Å². The molecule has 0 spiro atoms. The lowest BCUT2D eigenvalue weighted by atomic mass is 10.2. The number of methoxy groups -OCH3 is 2. The van der Waals surface area contributed by atoms with Crippen molar-refractivity contribution in [2.24, 2.45) is 0 Å². The lowest BCUT2D eigenvalue weighted by Crippen LogP contribution is -2.02. The van der Waals surface area contributed by atoms with E-state index in [-0.39, 0.29) is 11.3 Å². The first-order chi connectivity index (χ1) is 9.67. The lowest BCUT2D eigenvalue weighted by molar-refractivity contribution is 0.312. The van der Waals surface area contributed by atoms with Gasteiger partial charge in [-0.15, -0.1) is 0 Å². The number of hydrogen-bond acceptors (Lipinski definition) is 6. The summed E-state index contributed by atoms with van der Waals surface area (Å²) in [6.07, 6.45) is 0. The van der Waals surface area contributed by atoms with Crippen molar-refractivity contribution in [1.82, 2.24) is 15.0 Å². The minimum Gasteiger partial charge on any atom is -0.497 e. The monoisotopic (exact) mass is 295 g/mol. The average molecular weight is 296 g/mol. The molecule has 1 aromatic heterocycles. The summed E-state index contributed by atoms with van der Waals surface area (Å²) in [7, 11) is 3.14. The Bertz CT molecular complexity index is 607. The summed E-state index contributed by atoms with van der Waals surface area (Å²) in [6, 6.07) is 5.50. The van der Waals surface area contributed by atoms with Gasteiger partial charge in [0.1, 0.15) is 11.5 Å². The van der Waals surface area contributed by atoms with Crippen LogP contribution in [0.1, 0.15) is 6.92 Å². The van der Waals surface area contributed by atoms with Crippen LogP contribution in [0.25, 0.3) is 11.4 Å². The highest BCUT2D eigenvalue weighted by molar-refractivity contribution is 6.28. The van der Waals surface area contributed by atoms with Crippen molar-refractivity contribution in [2.45, 2.75) is 6.92 Å². The Morgan fingerprint density at radius 3 is 2.55 bits per heavy atom. The molecule has 0 N–H and O–H groups in total. The van der Waals surface area contributed by atoms with Crippen LogP contribution in [0, 0.1) is 0 Å². The van der Waals surface area contributed by atoms with E-state index in [1.54, 1.807) is 32.4 Å². The zero-order chi connectivity index (χ0) is 14.5. The molecule has 0 saturated carbocycles. The minimum atomic E-state index is 0.0660. The van der Waals surface area contributed by atoms with E-state index in [4.69, 9.17) is 25.8 Å². The van der Waals surface area contributed by atoms with E-state index in [0.29, 0.717) is 29.5 Å². The molecule has 2 aromatic rings. The molecule has 0 aliphatic heterocycles. The Labute approximate surface area is 121 Å². The van der Waals surface area contributed by atoms with Crippen LogP contribution < -0.4 is 14.2 Å². The fourth-order valence-corrected chi connectivity index (χ4v) is 1.78. The first-order valence-corrected chi connectivity index (χ1v) is 6.32. The highest BCUT2D eigenvalue weighted by Gasteiger charge is 2.13. The molecule has 1 aromatic carbocycles. The molecule has 0 aliphatic carbocycles. The first-order valence-electron chi connectivity index (χ1n) is 5.94. The van der Waals surface area contributed by atoms with Crippen LogP contribution in [0.3, 0.4) is 0 Å². The van der Waals surface area contributed by atoms with Crippen LogP contribution >= 0.6 is 11.6 Å².